The number of phenols is 1. The molecule has 3 aromatic rings. The van der Waals surface area contributed by atoms with E-state index in [1.165, 1.54) is 10.4 Å². The summed E-state index contributed by atoms with van der Waals surface area (Å²) < 4.78 is 0. The van der Waals surface area contributed by atoms with Crippen LogP contribution < -0.4 is 0 Å². The molecule has 1 N–H and O–H groups in total. The highest BCUT2D eigenvalue weighted by Gasteiger charge is 2.09. The van der Waals surface area contributed by atoms with Crippen molar-refractivity contribution < 1.29 is 5.11 Å². The molecule has 0 amide bonds. The van der Waals surface area contributed by atoms with E-state index >= 15 is 0 Å². The van der Waals surface area contributed by atoms with Gasteiger partial charge >= 0.3 is 0 Å². The van der Waals surface area contributed by atoms with Gasteiger partial charge < -0.3 is 5.11 Å². The Morgan fingerprint density at radius 1 is 1.05 bits per heavy atom. The van der Waals surface area contributed by atoms with Gasteiger partial charge in [0, 0.05) is 0 Å². The molecule has 0 aliphatic heterocycles. The van der Waals surface area contributed by atoms with Gasteiger partial charge in [0.15, 0.2) is 0 Å². The van der Waals surface area contributed by atoms with Gasteiger partial charge in [-0.05, 0) is 48.6 Å². The lowest BCUT2D eigenvalue weighted by atomic mass is 10.0. The highest BCUT2D eigenvalue weighted by Crippen LogP contribution is 2.24. The summed E-state index contributed by atoms with van der Waals surface area (Å²) in [6, 6.07) is 13.3. The van der Waals surface area contributed by atoms with Gasteiger partial charge in [0.1, 0.15) is 22.5 Å². The number of nitrogens with zero attached hydrogens (tertiary/aromatic N) is 3. The van der Waals surface area contributed by atoms with Crippen molar-refractivity contribution in [3.05, 3.63) is 48.0 Å². The molecule has 108 valence electrons. The van der Waals surface area contributed by atoms with Crippen LogP contribution in [0.25, 0.3) is 16.7 Å². The molecule has 0 atom stereocenters. The number of hydrogen-bond donors (Lipinski definition) is 1. The summed E-state index contributed by atoms with van der Waals surface area (Å²) in [6.07, 6.45) is 2.12. The van der Waals surface area contributed by atoms with E-state index in [9.17, 15) is 5.11 Å². The maximum atomic E-state index is 10.1. The predicted molar refractivity (Wildman–Crippen MR) is 83.7 cm³/mol. The molecule has 4 heteroatoms. The van der Waals surface area contributed by atoms with Crippen LogP contribution in [0.5, 0.6) is 5.75 Å². The maximum Gasteiger partial charge on any atom is 0.143 e. The third-order valence-electron chi connectivity index (χ3n) is 3.55. The number of hydrogen-bond acceptors (Lipinski definition) is 3. The zero-order chi connectivity index (χ0) is 14.8. The van der Waals surface area contributed by atoms with Crippen molar-refractivity contribution in [3.63, 3.8) is 0 Å². The minimum absolute atomic E-state index is 0.198. The quantitative estimate of drug-likeness (QED) is 0.793. The van der Waals surface area contributed by atoms with Crippen molar-refractivity contribution >= 4 is 11.0 Å². The van der Waals surface area contributed by atoms with Crippen LogP contribution in [0.2, 0.25) is 0 Å². The molecule has 0 saturated carbocycles. The van der Waals surface area contributed by atoms with Crippen LogP contribution >= 0.6 is 0 Å². The van der Waals surface area contributed by atoms with Gasteiger partial charge in [-0.1, -0.05) is 32.0 Å². The van der Waals surface area contributed by atoms with Gasteiger partial charge in [0.25, 0.3) is 0 Å². The summed E-state index contributed by atoms with van der Waals surface area (Å²) in [5.74, 6) is 0.858. The Morgan fingerprint density at radius 3 is 2.33 bits per heavy atom. The Hall–Kier alpha value is -2.36. The number of benzene rings is 2. The molecule has 1 aromatic heterocycles. The number of aromatic hydroxyl groups is 1. The Balaban J connectivity index is 1.98. The van der Waals surface area contributed by atoms with E-state index in [0.717, 1.165) is 23.9 Å². The van der Waals surface area contributed by atoms with Crippen LogP contribution in [0.1, 0.15) is 25.8 Å². The lowest BCUT2D eigenvalue weighted by Crippen LogP contribution is -2.01. The first-order valence-corrected chi connectivity index (χ1v) is 7.28. The molecule has 2 aromatic carbocycles. The summed E-state index contributed by atoms with van der Waals surface area (Å²) >= 11 is 0. The Bertz CT molecular complexity index is 729. The first-order chi connectivity index (χ1) is 10.1. The second kappa shape index (κ2) is 5.56. The number of fused-ring (bicyclic) bond motifs is 1. The molecule has 0 bridgehead atoms. The zero-order valence-corrected chi connectivity index (χ0v) is 12.3. The fourth-order valence-corrected chi connectivity index (χ4v) is 2.31. The average Bonchev–Trinajstić information content (AvgIpc) is 2.90. The predicted octanol–water partition coefficient (Wildman–Crippen LogP) is 3.71. The molecule has 4 nitrogen and oxygen atoms in total. The van der Waals surface area contributed by atoms with Gasteiger partial charge in [0.05, 0.1) is 0 Å². The first kappa shape index (κ1) is 13.6. The van der Waals surface area contributed by atoms with Gasteiger partial charge in [-0.25, -0.2) is 0 Å². The van der Waals surface area contributed by atoms with Gasteiger partial charge in [-0.3, -0.25) is 0 Å². The third-order valence-corrected chi connectivity index (χ3v) is 3.55. The molecule has 0 aliphatic rings. The Kier molecular flexibility index (Phi) is 3.60. The number of aromatic nitrogens is 3. The number of phenolic OH excluding ortho intramolecular Hbond substituents is 1. The molecule has 0 spiro atoms. The van der Waals surface area contributed by atoms with Crippen LogP contribution in [-0.4, -0.2) is 20.1 Å². The van der Waals surface area contributed by atoms with Crippen molar-refractivity contribution in [2.75, 3.05) is 0 Å². The molecule has 0 unspecified atom stereocenters. The lowest BCUT2D eigenvalue weighted by molar-refractivity contribution is 0.467. The number of aryl methyl sites for hydroxylation is 1. The minimum Gasteiger partial charge on any atom is -0.506 e. The molecule has 0 fully saturated rings. The van der Waals surface area contributed by atoms with Crippen molar-refractivity contribution in [2.24, 2.45) is 5.92 Å². The van der Waals surface area contributed by atoms with Crippen LogP contribution in [0.3, 0.4) is 0 Å². The van der Waals surface area contributed by atoms with E-state index in [1.807, 2.05) is 36.4 Å². The second-order valence-electron chi connectivity index (χ2n) is 5.73. The van der Waals surface area contributed by atoms with Crippen LogP contribution in [0, 0.1) is 5.92 Å². The van der Waals surface area contributed by atoms with Crippen LogP contribution in [-0.2, 0) is 6.42 Å². The summed E-state index contributed by atoms with van der Waals surface area (Å²) in [5, 5.41) is 18.9. The fourth-order valence-electron chi connectivity index (χ4n) is 2.31. The van der Waals surface area contributed by atoms with Crippen LogP contribution in [0.15, 0.2) is 42.5 Å². The molecular weight excluding hydrogens is 262 g/mol. The molecule has 21 heavy (non-hydrogen) atoms. The smallest absolute Gasteiger partial charge is 0.143 e. The lowest BCUT2D eigenvalue weighted by Gasteiger charge is -2.08. The molecule has 0 radical (unpaired) electrons. The average molecular weight is 281 g/mol. The first-order valence-electron chi connectivity index (χ1n) is 7.28. The summed E-state index contributed by atoms with van der Waals surface area (Å²) in [6.45, 7) is 4.42. The zero-order valence-electron chi connectivity index (χ0n) is 12.3. The van der Waals surface area contributed by atoms with E-state index in [1.54, 1.807) is 6.07 Å². The molecule has 0 saturated heterocycles. The monoisotopic (exact) mass is 281 g/mol. The standard InChI is InChI=1S/C17H19N3O/c1-12(2)7-8-13-9-10-17(21)16(11-13)20-18-14-5-3-4-6-15(14)19-20/h3-6,9-12,21H,7-8H2,1-2H3. The third kappa shape index (κ3) is 2.89. The highest BCUT2D eigenvalue weighted by molar-refractivity contribution is 5.73. The van der Waals surface area contributed by atoms with Gasteiger partial charge in [-0.15, -0.1) is 15.0 Å². The highest BCUT2D eigenvalue weighted by atomic mass is 16.3. The van der Waals surface area contributed by atoms with Crippen molar-refractivity contribution in [1.29, 1.82) is 0 Å². The fraction of sp³-hybridized carbons (Fsp3) is 0.294. The van der Waals surface area contributed by atoms with Crippen molar-refractivity contribution in [3.8, 4) is 11.4 Å². The topological polar surface area (TPSA) is 50.9 Å². The largest absolute Gasteiger partial charge is 0.506 e. The van der Waals surface area contributed by atoms with Crippen molar-refractivity contribution in [1.82, 2.24) is 15.0 Å². The molecular formula is C17H19N3O. The second-order valence-corrected chi connectivity index (χ2v) is 5.73. The van der Waals surface area contributed by atoms with E-state index < -0.39 is 0 Å². The Morgan fingerprint density at radius 2 is 1.71 bits per heavy atom. The van der Waals surface area contributed by atoms with E-state index in [2.05, 4.69) is 24.0 Å². The van der Waals surface area contributed by atoms with Crippen LogP contribution in [0.4, 0.5) is 0 Å². The number of rotatable bonds is 4. The summed E-state index contributed by atoms with van der Waals surface area (Å²) in [7, 11) is 0. The van der Waals surface area contributed by atoms with Gasteiger partial charge in [0.2, 0.25) is 0 Å². The Labute approximate surface area is 124 Å². The summed E-state index contributed by atoms with van der Waals surface area (Å²) in [5.41, 5.74) is 3.47. The molecule has 0 aliphatic carbocycles. The maximum absolute atomic E-state index is 10.1. The normalized spacial score (nSPS) is 11.4. The van der Waals surface area contributed by atoms with E-state index in [0.29, 0.717) is 11.6 Å². The SMILES string of the molecule is CC(C)CCc1ccc(O)c(-n2nc3ccccc3n2)c1. The molecule has 3 rings (SSSR count). The van der Waals surface area contributed by atoms with E-state index in [-0.39, 0.29) is 5.75 Å². The molecule has 1 heterocycles. The minimum atomic E-state index is 0.198. The van der Waals surface area contributed by atoms with Crippen molar-refractivity contribution in [2.45, 2.75) is 26.7 Å². The van der Waals surface area contributed by atoms with E-state index in [4.69, 9.17) is 0 Å². The summed E-state index contributed by atoms with van der Waals surface area (Å²) in [4.78, 5) is 1.51. The van der Waals surface area contributed by atoms with Gasteiger partial charge in [-0.2, -0.15) is 0 Å².